The van der Waals surface area contributed by atoms with E-state index in [1.54, 1.807) is 13.8 Å². The van der Waals surface area contributed by atoms with Gasteiger partial charge in [-0.15, -0.1) is 0 Å². The first-order chi connectivity index (χ1) is 20.1. The minimum absolute atomic E-state index is 0.00234. The molecule has 0 radical (unpaired) electrons. The number of carbonyl (C=O) groups is 2. The van der Waals surface area contributed by atoms with Gasteiger partial charge in [0, 0.05) is 57.5 Å². The fourth-order valence-corrected chi connectivity index (χ4v) is 11.4. The van der Waals surface area contributed by atoms with Crippen LogP contribution in [-0.4, -0.2) is 136 Å². The van der Waals surface area contributed by atoms with Crippen molar-refractivity contribution >= 4 is 11.9 Å². The molecule has 6 fully saturated rings. The summed E-state index contributed by atoms with van der Waals surface area (Å²) in [6.45, 7) is 17.3. The van der Waals surface area contributed by atoms with Crippen LogP contribution in [0.2, 0.25) is 0 Å². The molecule has 2 saturated heterocycles. The van der Waals surface area contributed by atoms with Crippen LogP contribution in [0, 0.1) is 34.5 Å². The van der Waals surface area contributed by atoms with Crippen molar-refractivity contribution in [3.63, 3.8) is 0 Å². The van der Waals surface area contributed by atoms with Gasteiger partial charge in [-0.2, -0.15) is 0 Å². The van der Waals surface area contributed by atoms with E-state index in [1.165, 1.54) is 25.7 Å². The summed E-state index contributed by atoms with van der Waals surface area (Å²) >= 11 is 0. The number of quaternary nitrogens is 2. The number of hydrogen-bond acceptors (Lipinski definition) is 6. The van der Waals surface area contributed by atoms with Gasteiger partial charge in [-0.25, -0.2) is 0 Å². The number of piperazine rings is 2. The van der Waals surface area contributed by atoms with Crippen LogP contribution >= 0.6 is 0 Å². The maximum atomic E-state index is 12.5. The number of carbonyl (C=O) groups excluding carboxylic acids is 2. The number of hydrogen-bond donors (Lipinski definition) is 0. The molecule has 2 heterocycles. The molecule has 4 aliphatic carbocycles. The van der Waals surface area contributed by atoms with Crippen LogP contribution < -0.4 is 0 Å². The van der Waals surface area contributed by atoms with E-state index in [1.807, 2.05) is 0 Å². The molecular weight excluding hydrogens is 540 g/mol. The predicted octanol–water partition coefficient (Wildman–Crippen LogP) is 3.63. The maximum absolute atomic E-state index is 12.5. The third-order valence-electron chi connectivity index (χ3n) is 14.1. The minimum Gasteiger partial charge on any atom is -0.461 e. The van der Waals surface area contributed by atoms with Crippen LogP contribution in [0.1, 0.15) is 72.6 Å². The average Bonchev–Trinajstić information content (AvgIpc) is 3.20. The molecule has 0 aromatic rings. The lowest BCUT2D eigenvalue weighted by Gasteiger charge is -2.62. The van der Waals surface area contributed by atoms with Crippen LogP contribution in [-0.2, 0) is 19.1 Å². The van der Waals surface area contributed by atoms with Crippen molar-refractivity contribution in [3.8, 4) is 0 Å². The number of nitrogens with zero attached hydrogens (tertiary/aromatic N) is 4. The first kappa shape index (κ1) is 31.7. The van der Waals surface area contributed by atoms with Crippen molar-refractivity contribution in [3.05, 3.63) is 0 Å². The van der Waals surface area contributed by atoms with E-state index in [9.17, 15) is 9.59 Å². The van der Waals surface area contributed by atoms with E-state index in [2.05, 4.69) is 51.8 Å². The fraction of sp³-hybridized carbons (Fsp3) is 0.943. The molecule has 0 spiro atoms. The van der Waals surface area contributed by atoms with Gasteiger partial charge < -0.3 is 18.4 Å². The van der Waals surface area contributed by atoms with Gasteiger partial charge in [-0.3, -0.25) is 19.4 Å². The SMILES string of the molecule is CC(=O)O[C@H]1C[C@H]2CC[C@@H]3[C@H](CC[C@@]4(C)[C@H]3C[C@H](N3CC[N+](C)(C)CC3)[C@@H]4OC(C)=O)[C@@]2(C)C[C@@H]1N1CC[N+](C)(C)CC1. The van der Waals surface area contributed by atoms with Gasteiger partial charge in [0.05, 0.1) is 54.4 Å². The Morgan fingerprint density at radius 2 is 1.26 bits per heavy atom. The van der Waals surface area contributed by atoms with E-state index in [0.29, 0.717) is 35.8 Å². The Bertz CT molecular complexity index is 1060. The van der Waals surface area contributed by atoms with Crippen molar-refractivity contribution < 1.29 is 28.0 Å². The second-order valence-corrected chi connectivity index (χ2v) is 17.5. The van der Waals surface area contributed by atoms with E-state index in [-0.39, 0.29) is 35.0 Å². The Balaban J connectivity index is 1.26. The highest BCUT2D eigenvalue weighted by Crippen LogP contribution is 2.67. The lowest BCUT2D eigenvalue weighted by molar-refractivity contribution is -0.894. The number of esters is 2. The molecule has 6 aliphatic rings. The Morgan fingerprint density at radius 3 is 1.81 bits per heavy atom. The number of likely N-dealkylation sites (N-methyl/N-ethyl adjacent to an activating group) is 2. The maximum Gasteiger partial charge on any atom is 0.302 e. The summed E-state index contributed by atoms with van der Waals surface area (Å²) in [5, 5.41) is 0. The summed E-state index contributed by atoms with van der Waals surface area (Å²) in [4.78, 5) is 30.2. The average molecular weight is 603 g/mol. The molecule has 8 nitrogen and oxygen atoms in total. The van der Waals surface area contributed by atoms with Crippen LogP contribution in [0.5, 0.6) is 0 Å². The van der Waals surface area contributed by atoms with Gasteiger partial charge in [-0.05, 0) is 74.0 Å². The first-order valence-corrected chi connectivity index (χ1v) is 17.6. The predicted molar refractivity (Wildman–Crippen MR) is 168 cm³/mol. The molecule has 0 aromatic carbocycles. The molecule has 244 valence electrons. The molecule has 8 heteroatoms. The summed E-state index contributed by atoms with van der Waals surface area (Å²) in [6, 6.07) is 0.656. The third kappa shape index (κ3) is 5.81. The van der Waals surface area contributed by atoms with E-state index in [4.69, 9.17) is 9.47 Å². The molecule has 6 rings (SSSR count). The van der Waals surface area contributed by atoms with Crippen LogP contribution in [0.15, 0.2) is 0 Å². The molecule has 2 aliphatic heterocycles. The molecule has 0 N–H and O–H groups in total. The van der Waals surface area contributed by atoms with Crippen LogP contribution in [0.3, 0.4) is 0 Å². The molecule has 0 amide bonds. The largest absolute Gasteiger partial charge is 0.461 e. The summed E-state index contributed by atoms with van der Waals surface area (Å²) in [5.41, 5.74) is 0.308. The van der Waals surface area contributed by atoms with E-state index < -0.39 is 0 Å². The van der Waals surface area contributed by atoms with Gasteiger partial charge in [0.2, 0.25) is 0 Å². The van der Waals surface area contributed by atoms with E-state index in [0.717, 1.165) is 80.6 Å². The third-order valence-corrected chi connectivity index (χ3v) is 14.1. The zero-order chi connectivity index (χ0) is 30.9. The first-order valence-electron chi connectivity index (χ1n) is 17.6. The number of rotatable bonds is 4. The summed E-state index contributed by atoms with van der Waals surface area (Å²) in [7, 11) is 9.36. The fourth-order valence-electron chi connectivity index (χ4n) is 11.4. The highest BCUT2D eigenvalue weighted by molar-refractivity contribution is 5.66. The summed E-state index contributed by atoms with van der Waals surface area (Å²) in [5.74, 6) is 2.35. The smallest absolute Gasteiger partial charge is 0.302 e. The molecule has 10 atom stereocenters. The second kappa shape index (κ2) is 11.2. The van der Waals surface area contributed by atoms with Crippen molar-refractivity contribution in [1.29, 1.82) is 0 Å². The lowest BCUT2D eigenvalue weighted by atomic mass is 9.44. The molecule has 0 unspecified atom stereocenters. The zero-order valence-electron chi connectivity index (χ0n) is 28.6. The second-order valence-electron chi connectivity index (χ2n) is 17.5. The quantitative estimate of drug-likeness (QED) is 0.362. The lowest BCUT2D eigenvalue weighted by Crippen LogP contribution is -2.64. The molecule has 0 bridgehead atoms. The highest BCUT2D eigenvalue weighted by atomic mass is 16.5. The Kier molecular flexibility index (Phi) is 8.30. The zero-order valence-corrected chi connectivity index (χ0v) is 28.6. The van der Waals surface area contributed by atoms with Crippen LogP contribution in [0.25, 0.3) is 0 Å². The number of ether oxygens (including phenoxy) is 2. The van der Waals surface area contributed by atoms with Crippen molar-refractivity contribution in [2.45, 2.75) is 96.9 Å². The van der Waals surface area contributed by atoms with Crippen molar-refractivity contribution in [1.82, 2.24) is 9.80 Å². The van der Waals surface area contributed by atoms with Gasteiger partial charge in [0.15, 0.2) is 0 Å². The monoisotopic (exact) mass is 602 g/mol. The summed E-state index contributed by atoms with van der Waals surface area (Å²) < 4.78 is 14.6. The van der Waals surface area contributed by atoms with Gasteiger partial charge >= 0.3 is 11.9 Å². The minimum atomic E-state index is -0.123. The van der Waals surface area contributed by atoms with Gasteiger partial charge in [0.1, 0.15) is 12.2 Å². The summed E-state index contributed by atoms with van der Waals surface area (Å²) in [6.07, 6.45) is 8.22. The molecular formula is C35H62N4O4+2. The Hall–Kier alpha value is -1.22. The van der Waals surface area contributed by atoms with Gasteiger partial charge in [0.25, 0.3) is 0 Å². The van der Waals surface area contributed by atoms with Gasteiger partial charge in [-0.1, -0.05) is 13.8 Å². The number of fused-ring (bicyclic) bond motifs is 5. The van der Waals surface area contributed by atoms with Crippen molar-refractivity contribution in [2.75, 3.05) is 80.5 Å². The van der Waals surface area contributed by atoms with Crippen LogP contribution in [0.4, 0.5) is 0 Å². The Labute approximate surface area is 261 Å². The topological polar surface area (TPSA) is 59.1 Å². The standard InChI is InChI=1S/C35H62N4O4/c1-24(40)42-32-21-26-9-10-27-28(35(26,4)23-31(32)37-15-19-39(7,8)20-16-37)11-12-34(3)29(27)22-30(33(34)43-25(2)41)36-13-17-38(5,6)18-14-36/h26-33H,9-23H2,1-8H3/q+2/t26-,27-,28+,29+,30+,31+,32+,33+,34+,35+/m1/s1. The Morgan fingerprint density at radius 1 is 0.698 bits per heavy atom. The van der Waals surface area contributed by atoms with E-state index >= 15 is 0 Å². The molecule has 4 saturated carbocycles. The normalized spacial score (nSPS) is 46.2. The molecule has 0 aromatic heterocycles. The highest BCUT2D eigenvalue weighted by Gasteiger charge is 2.65. The van der Waals surface area contributed by atoms with Crippen molar-refractivity contribution in [2.24, 2.45) is 34.5 Å². The molecule has 43 heavy (non-hydrogen) atoms.